The van der Waals surface area contributed by atoms with Crippen LogP contribution < -0.4 is 5.01 Å². The van der Waals surface area contributed by atoms with Crippen LogP contribution in [-0.2, 0) is 4.79 Å². The van der Waals surface area contributed by atoms with Crippen molar-refractivity contribution in [3.05, 3.63) is 80.5 Å². The summed E-state index contributed by atoms with van der Waals surface area (Å²) in [4.78, 5) is 24.2. The lowest BCUT2D eigenvalue weighted by Gasteiger charge is -2.15. The number of hydrazone groups is 1. The highest BCUT2D eigenvalue weighted by Crippen LogP contribution is 2.39. The molecule has 1 N–H and O–H groups in total. The second kappa shape index (κ2) is 8.23. The van der Waals surface area contributed by atoms with Crippen LogP contribution in [0.1, 0.15) is 23.0 Å². The molecule has 1 amide bonds. The summed E-state index contributed by atoms with van der Waals surface area (Å²) in [7, 11) is 0. The van der Waals surface area contributed by atoms with E-state index < -0.39 is 11.9 Å². The average Bonchev–Trinajstić information content (AvgIpc) is 3.28. The van der Waals surface area contributed by atoms with E-state index in [1.165, 1.54) is 24.3 Å². The molecule has 6 nitrogen and oxygen atoms in total. The van der Waals surface area contributed by atoms with Crippen LogP contribution in [0.15, 0.2) is 63.6 Å². The van der Waals surface area contributed by atoms with Gasteiger partial charge >= 0.3 is 5.97 Å². The van der Waals surface area contributed by atoms with Crippen molar-refractivity contribution in [1.82, 2.24) is 0 Å². The number of carboxylic acid groups (broad SMARTS) is 1. The first-order valence-corrected chi connectivity index (χ1v) is 10.1. The van der Waals surface area contributed by atoms with Gasteiger partial charge in [-0.25, -0.2) is 4.79 Å². The largest absolute Gasteiger partial charge is 0.478 e. The van der Waals surface area contributed by atoms with Gasteiger partial charge in [0.15, 0.2) is 0 Å². The zero-order valence-electron chi connectivity index (χ0n) is 15.9. The van der Waals surface area contributed by atoms with E-state index in [1.807, 2.05) is 0 Å². The predicted octanol–water partition coefficient (Wildman–Crippen LogP) is 6.41. The third-order valence-corrected chi connectivity index (χ3v) is 5.36. The molecule has 2 aromatic carbocycles. The quantitative estimate of drug-likeness (QED) is 0.442. The molecule has 0 atom stereocenters. The fourth-order valence-electron chi connectivity index (χ4n) is 3.11. The van der Waals surface area contributed by atoms with Gasteiger partial charge in [0, 0.05) is 10.6 Å². The van der Waals surface area contributed by atoms with Gasteiger partial charge in [-0.3, -0.25) is 4.79 Å². The zero-order valence-corrected chi connectivity index (χ0v) is 18.2. The highest BCUT2D eigenvalue weighted by molar-refractivity contribution is 6.44. The van der Waals surface area contributed by atoms with Crippen molar-refractivity contribution < 1.29 is 19.1 Å². The Kier molecular flexibility index (Phi) is 5.62. The molecule has 156 valence electrons. The Bertz CT molecular complexity index is 1270. The summed E-state index contributed by atoms with van der Waals surface area (Å²) in [6, 6.07) is 12.7. The number of hydrogen-bond donors (Lipinski definition) is 1. The molecule has 0 saturated carbocycles. The van der Waals surface area contributed by atoms with Gasteiger partial charge in [-0.15, -0.1) is 0 Å². The molecule has 0 bridgehead atoms. The number of aromatic carboxylic acids is 1. The van der Waals surface area contributed by atoms with E-state index in [0.29, 0.717) is 33.4 Å². The van der Waals surface area contributed by atoms with Crippen molar-refractivity contribution in [3.63, 3.8) is 0 Å². The van der Waals surface area contributed by atoms with Crippen LogP contribution in [0.5, 0.6) is 0 Å². The minimum Gasteiger partial charge on any atom is -0.478 e. The third-order valence-electron chi connectivity index (χ3n) is 4.56. The second-order valence-corrected chi connectivity index (χ2v) is 7.92. The van der Waals surface area contributed by atoms with E-state index >= 15 is 0 Å². The molecule has 1 aromatic heterocycles. The smallest absolute Gasteiger partial charge is 0.335 e. The average molecular weight is 476 g/mol. The molecule has 0 aliphatic carbocycles. The summed E-state index contributed by atoms with van der Waals surface area (Å²) in [5, 5.41) is 15.3. The van der Waals surface area contributed by atoms with E-state index in [0.717, 1.165) is 5.01 Å². The molecule has 3 aromatic rings. The molecule has 2 heterocycles. The molecule has 0 fully saturated rings. The maximum Gasteiger partial charge on any atom is 0.335 e. The fraction of sp³-hybridized carbons (Fsp3) is 0.0455. The summed E-state index contributed by atoms with van der Waals surface area (Å²) >= 11 is 18.4. The Hall–Kier alpha value is -3.06. The number of nitrogens with zero attached hydrogens (tertiary/aromatic N) is 2. The highest BCUT2D eigenvalue weighted by atomic mass is 35.5. The fourth-order valence-corrected chi connectivity index (χ4v) is 4.08. The molecule has 31 heavy (non-hydrogen) atoms. The molecular formula is C22H13Cl3N2O4. The van der Waals surface area contributed by atoms with Crippen molar-refractivity contribution in [2.45, 2.75) is 6.92 Å². The summed E-state index contributed by atoms with van der Waals surface area (Å²) in [6.07, 6.45) is 1.56. The zero-order chi connectivity index (χ0) is 22.3. The first-order chi connectivity index (χ1) is 14.7. The van der Waals surface area contributed by atoms with Crippen LogP contribution in [0.3, 0.4) is 0 Å². The molecule has 0 saturated heterocycles. The van der Waals surface area contributed by atoms with Crippen LogP contribution in [0, 0.1) is 0 Å². The van der Waals surface area contributed by atoms with E-state index in [1.54, 1.807) is 37.3 Å². The number of anilines is 1. The van der Waals surface area contributed by atoms with Crippen LogP contribution in [0.2, 0.25) is 15.1 Å². The first-order valence-electron chi connectivity index (χ1n) is 8.94. The Balaban J connectivity index is 1.65. The molecule has 1 aliphatic heterocycles. The van der Waals surface area contributed by atoms with Crippen LogP contribution in [0.4, 0.5) is 5.69 Å². The topological polar surface area (TPSA) is 83.1 Å². The number of halogens is 3. The number of carboxylic acids is 1. The van der Waals surface area contributed by atoms with Gasteiger partial charge in [0.25, 0.3) is 5.91 Å². The molecule has 0 unspecified atom stereocenters. The monoisotopic (exact) mass is 474 g/mol. The standard InChI is InChI=1S/C22H13Cl3N2O4/c1-11-16(21(28)27(26-11)20-17(24)8-14(23)9-18(20)25)10-15-5-6-19(31-15)12-3-2-4-13(7-12)22(29)30/h2-10H,1H3,(H,29,30). The number of carbonyl (C=O) groups excluding carboxylic acids is 1. The van der Waals surface area contributed by atoms with Crippen molar-refractivity contribution in [2.24, 2.45) is 5.10 Å². The van der Waals surface area contributed by atoms with Gasteiger partial charge in [-0.2, -0.15) is 10.1 Å². The van der Waals surface area contributed by atoms with Crippen molar-refractivity contribution in [3.8, 4) is 11.3 Å². The van der Waals surface area contributed by atoms with Crippen LogP contribution in [-0.4, -0.2) is 22.7 Å². The molecule has 9 heteroatoms. The van der Waals surface area contributed by atoms with Gasteiger partial charge in [-0.1, -0.05) is 46.9 Å². The summed E-state index contributed by atoms with van der Waals surface area (Å²) < 4.78 is 5.80. The number of hydrogen-bond acceptors (Lipinski definition) is 4. The lowest BCUT2D eigenvalue weighted by atomic mass is 10.1. The van der Waals surface area contributed by atoms with Crippen LogP contribution in [0.25, 0.3) is 17.4 Å². The lowest BCUT2D eigenvalue weighted by molar-refractivity contribution is -0.114. The van der Waals surface area contributed by atoms with E-state index in [2.05, 4.69) is 5.10 Å². The minimum atomic E-state index is -1.03. The van der Waals surface area contributed by atoms with E-state index in [-0.39, 0.29) is 21.3 Å². The normalized spacial score (nSPS) is 15.0. The lowest BCUT2D eigenvalue weighted by Crippen LogP contribution is -2.22. The SMILES string of the molecule is CC1=NN(c2c(Cl)cc(Cl)cc2Cl)C(=O)C1=Cc1ccc(-c2cccc(C(=O)O)c2)o1. The molecule has 0 radical (unpaired) electrons. The Labute approximate surface area is 191 Å². The van der Waals surface area contributed by atoms with Crippen molar-refractivity contribution >= 4 is 64.2 Å². The Morgan fingerprint density at radius 1 is 1.10 bits per heavy atom. The molecule has 1 aliphatic rings. The number of furan rings is 1. The molecular weight excluding hydrogens is 463 g/mol. The molecule has 0 spiro atoms. The summed E-state index contributed by atoms with van der Waals surface area (Å²) in [6.45, 7) is 1.68. The van der Waals surface area contributed by atoms with Crippen LogP contribution >= 0.6 is 34.8 Å². The number of amides is 1. The number of rotatable bonds is 4. The number of carbonyl (C=O) groups is 2. The van der Waals surface area contributed by atoms with Gasteiger partial charge in [0.2, 0.25) is 0 Å². The second-order valence-electron chi connectivity index (χ2n) is 6.67. The molecule has 4 rings (SSSR count). The van der Waals surface area contributed by atoms with Gasteiger partial charge in [-0.05, 0) is 49.4 Å². The minimum absolute atomic E-state index is 0.148. The van der Waals surface area contributed by atoms with Gasteiger partial charge in [0.05, 0.1) is 26.9 Å². The highest BCUT2D eigenvalue weighted by Gasteiger charge is 2.32. The predicted molar refractivity (Wildman–Crippen MR) is 121 cm³/mol. The van der Waals surface area contributed by atoms with Crippen molar-refractivity contribution in [1.29, 1.82) is 0 Å². The maximum atomic E-state index is 13.0. The summed E-state index contributed by atoms with van der Waals surface area (Å²) in [5.74, 6) is -0.576. The first kappa shape index (κ1) is 21.2. The third kappa shape index (κ3) is 4.10. The van der Waals surface area contributed by atoms with Gasteiger partial charge in [0.1, 0.15) is 17.2 Å². The number of benzene rings is 2. The Morgan fingerprint density at radius 3 is 2.48 bits per heavy atom. The van der Waals surface area contributed by atoms with Gasteiger partial charge < -0.3 is 9.52 Å². The van der Waals surface area contributed by atoms with E-state index in [4.69, 9.17) is 44.3 Å². The van der Waals surface area contributed by atoms with Crippen molar-refractivity contribution in [2.75, 3.05) is 5.01 Å². The van der Waals surface area contributed by atoms with E-state index in [9.17, 15) is 9.59 Å². The maximum absolute atomic E-state index is 13.0. The summed E-state index contributed by atoms with van der Waals surface area (Å²) in [5.41, 5.74) is 1.76. The Morgan fingerprint density at radius 2 is 1.81 bits per heavy atom.